The first-order chi connectivity index (χ1) is 17.2. The minimum atomic E-state index is -0.708. The van der Waals surface area contributed by atoms with Gasteiger partial charge in [-0.2, -0.15) is 0 Å². The van der Waals surface area contributed by atoms with Gasteiger partial charge in [0, 0.05) is 46.5 Å². The molecule has 2 amide bonds. The average molecular weight is 514 g/mol. The Morgan fingerprint density at radius 1 is 1.14 bits per heavy atom. The number of hydrogen-bond acceptors (Lipinski definition) is 5. The molecular weight excluding hydrogens is 485 g/mol. The number of carbonyl (C=O) groups is 3. The molecule has 0 aliphatic carbocycles. The van der Waals surface area contributed by atoms with Gasteiger partial charge < -0.3 is 19.4 Å². The molecule has 2 aliphatic heterocycles. The van der Waals surface area contributed by atoms with E-state index >= 15 is 0 Å². The van der Waals surface area contributed by atoms with Crippen LogP contribution in [0.1, 0.15) is 40.2 Å². The zero-order valence-corrected chi connectivity index (χ0v) is 21.3. The van der Waals surface area contributed by atoms with Gasteiger partial charge in [-0.3, -0.25) is 14.4 Å². The smallest absolute Gasteiger partial charge is 0.290 e. The highest BCUT2D eigenvalue weighted by Gasteiger charge is 2.38. The second kappa shape index (κ2) is 10.8. The summed E-state index contributed by atoms with van der Waals surface area (Å²) in [5.41, 5.74) is 3.72. The third kappa shape index (κ3) is 5.29. The Morgan fingerprint density at radius 2 is 1.81 bits per heavy atom. The number of ketones is 1. The molecule has 1 saturated heterocycles. The summed E-state index contributed by atoms with van der Waals surface area (Å²) in [6.45, 7) is 1.55. The molecule has 2 aromatic carbocycles. The summed E-state index contributed by atoms with van der Waals surface area (Å²) in [4.78, 5) is 43.7. The number of ether oxygens (including phenoxy) is 1. The first-order valence-corrected chi connectivity index (χ1v) is 12.1. The van der Waals surface area contributed by atoms with Crippen LogP contribution < -0.4 is 4.90 Å². The molecule has 9 heteroatoms. The number of likely N-dealkylation sites (N-methyl/N-ethyl adjacent to an activating group) is 1. The highest BCUT2D eigenvalue weighted by Crippen LogP contribution is 2.40. The third-order valence-corrected chi connectivity index (χ3v) is 6.93. The Balaban J connectivity index is 1.55. The van der Waals surface area contributed by atoms with Crippen molar-refractivity contribution in [2.24, 2.45) is 0 Å². The highest BCUT2D eigenvalue weighted by molar-refractivity contribution is 6.39. The van der Waals surface area contributed by atoms with Crippen LogP contribution in [0.25, 0.3) is 6.08 Å². The molecule has 1 unspecified atom stereocenters. The zero-order valence-electron chi connectivity index (χ0n) is 20.6. The molecular formula is C27H29ClFN3O4. The molecule has 2 aliphatic rings. The van der Waals surface area contributed by atoms with E-state index < -0.39 is 17.6 Å². The Kier molecular flexibility index (Phi) is 7.76. The summed E-state index contributed by atoms with van der Waals surface area (Å²) in [6, 6.07) is 9.66. The van der Waals surface area contributed by atoms with E-state index in [1.807, 2.05) is 11.0 Å². The third-order valence-electron chi connectivity index (χ3n) is 6.62. The number of Topliss-reactive ketones (excluding diaryl/α,β-unsaturated/α-hetero) is 1. The van der Waals surface area contributed by atoms with Gasteiger partial charge in [-0.05, 0) is 48.2 Å². The molecule has 0 saturated carbocycles. The number of fused-ring (bicyclic) bond motifs is 1. The number of nitrogens with zero attached hydrogens (tertiary/aromatic N) is 3. The van der Waals surface area contributed by atoms with Crippen LogP contribution in [0, 0.1) is 5.82 Å². The second-order valence-electron chi connectivity index (χ2n) is 9.29. The molecule has 4 rings (SSSR count). The molecule has 36 heavy (non-hydrogen) atoms. The number of likely N-dealkylation sites (tertiary alicyclic amines) is 1. The number of amides is 2. The van der Waals surface area contributed by atoms with Gasteiger partial charge >= 0.3 is 0 Å². The number of carbonyl (C=O) groups excluding carboxylic acids is 3. The summed E-state index contributed by atoms with van der Waals surface area (Å²) in [5.74, 6) is -2.32. The maximum Gasteiger partial charge on any atom is 0.290 e. The summed E-state index contributed by atoms with van der Waals surface area (Å²) < 4.78 is 18.4. The maximum atomic E-state index is 13.4. The standard InChI is InChI=1S/C27H29ClFN3O4/c1-30(2)27(35)25(33)22-15-32(16-36-3)24-14-23(28)21(13-20(22)24)26(34)31-10-8-18(9-11-31)12-17-4-6-19(29)7-5-17/h4-7,12-14,22H,8-11,15-16H2,1-3H3. The fourth-order valence-electron chi connectivity index (χ4n) is 4.69. The monoisotopic (exact) mass is 513 g/mol. The van der Waals surface area contributed by atoms with Crippen molar-refractivity contribution in [3.8, 4) is 0 Å². The van der Waals surface area contributed by atoms with Crippen LogP contribution in [0.5, 0.6) is 0 Å². The van der Waals surface area contributed by atoms with E-state index in [0.29, 0.717) is 47.8 Å². The van der Waals surface area contributed by atoms with Gasteiger partial charge in [0.25, 0.3) is 11.8 Å². The zero-order chi connectivity index (χ0) is 26.0. The van der Waals surface area contributed by atoms with E-state index in [1.54, 1.807) is 36.3 Å². The molecule has 1 fully saturated rings. The lowest BCUT2D eigenvalue weighted by atomic mass is 9.93. The molecule has 1 atom stereocenters. The Hall–Kier alpha value is -3.23. The molecule has 0 bridgehead atoms. The van der Waals surface area contributed by atoms with E-state index in [0.717, 1.165) is 5.56 Å². The van der Waals surface area contributed by atoms with Gasteiger partial charge in [0.2, 0.25) is 5.78 Å². The van der Waals surface area contributed by atoms with Crippen LogP contribution in [0.3, 0.4) is 0 Å². The quantitative estimate of drug-likeness (QED) is 0.547. The minimum absolute atomic E-state index is 0.209. The Labute approximate surface area is 215 Å². The number of methoxy groups -OCH3 is 1. The van der Waals surface area contributed by atoms with Crippen molar-refractivity contribution >= 4 is 41.0 Å². The maximum absolute atomic E-state index is 13.4. The lowest BCUT2D eigenvalue weighted by molar-refractivity contribution is -0.143. The molecule has 0 N–H and O–H groups in total. The SMILES string of the molecule is COCN1CC(C(=O)C(=O)N(C)C)c2cc(C(=O)N3CCC(=Cc4ccc(F)cc4)CC3)c(Cl)cc21. The number of anilines is 1. The molecule has 7 nitrogen and oxygen atoms in total. The van der Waals surface area contributed by atoms with Gasteiger partial charge in [-0.25, -0.2) is 4.39 Å². The first-order valence-electron chi connectivity index (χ1n) is 11.8. The minimum Gasteiger partial charge on any atom is -0.364 e. The largest absolute Gasteiger partial charge is 0.364 e. The number of hydrogen-bond donors (Lipinski definition) is 0. The van der Waals surface area contributed by atoms with E-state index in [-0.39, 0.29) is 25.0 Å². The van der Waals surface area contributed by atoms with E-state index in [1.165, 1.54) is 36.7 Å². The summed E-state index contributed by atoms with van der Waals surface area (Å²) in [7, 11) is 4.62. The molecule has 0 aromatic heterocycles. The van der Waals surface area contributed by atoms with Crippen LogP contribution in [-0.2, 0) is 14.3 Å². The van der Waals surface area contributed by atoms with E-state index in [2.05, 4.69) is 0 Å². The normalized spacial score (nSPS) is 17.1. The van der Waals surface area contributed by atoms with Crippen LogP contribution >= 0.6 is 11.6 Å². The predicted octanol–water partition coefficient (Wildman–Crippen LogP) is 3.96. The van der Waals surface area contributed by atoms with Crippen molar-refractivity contribution in [1.82, 2.24) is 9.80 Å². The fourth-order valence-corrected chi connectivity index (χ4v) is 4.93. The van der Waals surface area contributed by atoms with Gasteiger partial charge in [0.15, 0.2) is 0 Å². The van der Waals surface area contributed by atoms with Crippen molar-refractivity contribution in [2.45, 2.75) is 18.8 Å². The number of benzene rings is 2. The van der Waals surface area contributed by atoms with E-state index in [4.69, 9.17) is 16.3 Å². The Bertz CT molecular complexity index is 1200. The van der Waals surface area contributed by atoms with Crippen LogP contribution in [0.15, 0.2) is 42.0 Å². The molecule has 190 valence electrons. The summed E-state index contributed by atoms with van der Waals surface area (Å²) in [5, 5.41) is 0.291. The van der Waals surface area contributed by atoms with Crippen LogP contribution in [0.2, 0.25) is 5.02 Å². The topological polar surface area (TPSA) is 70.2 Å². The average Bonchev–Trinajstić information content (AvgIpc) is 3.21. The van der Waals surface area contributed by atoms with Crippen molar-refractivity contribution in [2.75, 3.05) is 52.5 Å². The van der Waals surface area contributed by atoms with Crippen LogP contribution in [0.4, 0.5) is 10.1 Å². The molecule has 2 heterocycles. The fraction of sp³-hybridized carbons (Fsp3) is 0.370. The summed E-state index contributed by atoms with van der Waals surface area (Å²) >= 11 is 6.56. The summed E-state index contributed by atoms with van der Waals surface area (Å²) in [6.07, 6.45) is 3.43. The van der Waals surface area contributed by atoms with Crippen molar-refractivity contribution in [1.29, 1.82) is 0 Å². The van der Waals surface area contributed by atoms with Crippen molar-refractivity contribution < 1.29 is 23.5 Å². The number of halogens is 2. The van der Waals surface area contributed by atoms with Gasteiger partial charge in [0.05, 0.1) is 16.5 Å². The molecule has 0 spiro atoms. The van der Waals surface area contributed by atoms with Gasteiger partial charge in [-0.15, -0.1) is 0 Å². The highest BCUT2D eigenvalue weighted by atomic mass is 35.5. The Morgan fingerprint density at radius 3 is 2.42 bits per heavy atom. The van der Waals surface area contributed by atoms with Gasteiger partial charge in [0.1, 0.15) is 12.5 Å². The number of rotatable bonds is 6. The van der Waals surface area contributed by atoms with Crippen LogP contribution in [-0.4, -0.2) is 75.0 Å². The van der Waals surface area contributed by atoms with E-state index in [9.17, 15) is 18.8 Å². The molecule has 0 radical (unpaired) electrons. The van der Waals surface area contributed by atoms with Gasteiger partial charge in [-0.1, -0.05) is 35.4 Å². The second-order valence-corrected chi connectivity index (χ2v) is 9.70. The number of piperidine rings is 1. The first kappa shape index (κ1) is 25.9. The lowest BCUT2D eigenvalue weighted by Gasteiger charge is -2.29. The lowest BCUT2D eigenvalue weighted by Crippen LogP contribution is -2.37. The van der Waals surface area contributed by atoms with Crippen molar-refractivity contribution in [3.63, 3.8) is 0 Å². The molecule has 2 aromatic rings. The van der Waals surface area contributed by atoms with Crippen molar-refractivity contribution in [3.05, 3.63) is 69.5 Å². The predicted molar refractivity (Wildman–Crippen MR) is 137 cm³/mol.